The number of ether oxygens (including phenoxy) is 2. The highest BCUT2D eigenvalue weighted by atomic mass is 16.5. The molecule has 1 aliphatic carbocycles. The summed E-state index contributed by atoms with van der Waals surface area (Å²) in [6, 6.07) is 8.03. The summed E-state index contributed by atoms with van der Waals surface area (Å²) in [7, 11) is 0. The van der Waals surface area contributed by atoms with Gasteiger partial charge in [-0.05, 0) is 43.9 Å². The summed E-state index contributed by atoms with van der Waals surface area (Å²) in [5.41, 5.74) is 1.27. The van der Waals surface area contributed by atoms with E-state index in [1.807, 2.05) is 31.2 Å². The monoisotopic (exact) mass is 277 g/mol. The minimum absolute atomic E-state index is 0.232. The number of hydrogen-bond donors (Lipinski definition) is 1. The van der Waals surface area contributed by atoms with E-state index in [2.05, 4.69) is 12.2 Å². The molecule has 0 heterocycles. The van der Waals surface area contributed by atoms with Gasteiger partial charge in [-0.15, -0.1) is 0 Å². The first kappa shape index (κ1) is 14.9. The van der Waals surface area contributed by atoms with Crippen LogP contribution in [0.2, 0.25) is 0 Å². The quantitative estimate of drug-likeness (QED) is 0.741. The lowest BCUT2D eigenvalue weighted by molar-refractivity contribution is -0.146. The van der Waals surface area contributed by atoms with E-state index in [-0.39, 0.29) is 12.0 Å². The fraction of sp³-hybridized carbons (Fsp3) is 0.562. The van der Waals surface area contributed by atoms with Crippen LogP contribution in [0.15, 0.2) is 24.3 Å². The van der Waals surface area contributed by atoms with Crippen molar-refractivity contribution in [3.8, 4) is 5.75 Å². The van der Waals surface area contributed by atoms with Gasteiger partial charge in [0.1, 0.15) is 18.4 Å². The lowest BCUT2D eigenvalue weighted by Crippen LogP contribution is -2.43. The molecule has 1 unspecified atom stereocenters. The molecule has 110 valence electrons. The third kappa shape index (κ3) is 4.53. The van der Waals surface area contributed by atoms with E-state index in [9.17, 15) is 4.79 Å². The van der Waals surface area contributed by atoms with Crippen molar-refractivity contribution < 1.29 is 14.3 Å². The summed E-state index contributed by atoms with van der Waals surface area (Å²) in [6.07, 6.45) is 3.26. The molecule has 4 nitrogen and oxygen atoms in total. The predicted octanol–water partition coefficient (Wildman–Crippen LogP) is 2.31. The SMILES string of the molecule is CCOC(=O)C(COc1ccc(CC)cc1)NC1CC1. The Morgan fingerprint density at radius 3 is 2.55 bits per heavy atom. The van der Waals surface area contributed by atoms with Gasteiger partial charge in [-0.2, -0.15) is 0 Å². The number of hydrogen-bond acceptors (Lipinski definition) is 4. The molecule has 0 aromatic heterocycles. The smallest absolute Gasteiger partial charge is 0.326 e. The molecular formula is C16H23NO3. The molecule has 20 heavy (non-hydrogen) atoms. The van der Waals surface area contributed by atoms with Crippen LogP contribution < -0.4 is 10.1 Å². The van der Waals surface area contributed by atoms with Gasteiger partial charge in [0.2, 0.25) is 0 Å². The number of esters is 1. The maximum absolute atomic E-state index is 11.9. The number of rotatable bonds is 8. The van der Waals surface area contributed by atoms with Crippen LogP contribution in [0, 0.1) is 0 Å². The number of aryl methyl sites for hydroxylation is 1. The van der Waals surface area contributed by atoms with Crippen molar-refractivity contribution in [3.05, 3.63) is 29.8 Å². The Morgan fingerprint density at radius 1 is 1.30 bits per heavy atom. The minimum atomic E-state index is -0.381. The largest absolute Gasteiger partial charge is 0.491 e. The second kappa shape index (κ2) is 7.29. The van der Waals surface area contributed by atoms with E-state index in [0.717, 1.165) is 25.0 Å². The molecule has 0 aliphatic heterocycles. The Balaban J connectivity index is 1.87. The molecule has 1 aromatic carbocycles. The van der Waals surface area contributed by atoms with Crippen molar-refractivity contribution in [1.82, 2.24) is 5.32 Å². The Hall–Kier alpha value is -1.55. The van der Waals surface area contributed by atoms with Crippen LogP contribution in [-0.4, -0.2) is 31.3 Å². The summed E-state index contributed by atoms with van der Waals surface area (Å²) < 4.78 is 10.8. The maximum Gasteiger partial charge on any atom is 0.326 e. The van der Waals surface area contributed by atoms with Gasteiger partial charge in [-0.3, -0.25) is 10.1 Å². The molecular weight excluding hydrogens is 254 g/mol. The molecule has 1 N–H and O–H groups in total. The standard InChI is InChI=1S/C16H23NO3/c1-3-12-5-9-14(10-6-12)20-11-15(16(18)19-4-2)17-13-7-8-13/h5-6,9-10,13,15,17H,3-4,7-8,11H2,1-2H3. The van der Waals surface area contributed by atoms with Gasteiger partial charge in [0.25, 0.3) is 0 Å². The lowest BCUT2D eigenvalue weighted by Gasteiger charge is -2.17. The first-order valence-corrected chi connectivity index (χ1v) is 7.37. The summed E-state index contributed by atoms with van der Waals surface area (Å²) in [5.74, 6) is 0.554. The Morgan fingerprint density at radius 2 is 2.00 bits per heavy atom. The van der Waals surface area contributed by atoms with Crippen molar-refractivity contribution in [2.45, 2.75) is 45.2 Å². The van der Waals surface area contributed by atoms with Crippen molar-refractivity contribution in [1.29, 1.82) is 0 Å². The number of nitrogens with one attached hydrogen (secondary N) is 1. The van der Waals surface area contributed by atoms with Gasteiger partial charge >= 0.3 is 5.97 Å². The molecule has 2 rings (SSSR count). The molecule has 1 aromatic rings. The van der Waals surface area contributed by atoms with Gasteiger partial charge in [0.05, 0.1) is 6.61 Å². The van der Waals surface area contributed by atoms with E-state index in [1.54, 1.807) is 0 Å². The molecule has 0 spiro atoms. The average Bonchev–Trinajstić information content (AvgIpc) is 3.28. The van der Waals surface area contributed by atoms with E-state index in [0.29, 0.717) is 19.3 Å². The normalized spacial score (nSPS) is 15.7. The summed E-state index contributed by atoms with van der Waals surface area (Å²) in [4.78, 5) is 11.9. The van der Waals surface area contributed by atoms with Crippen molar-refractivity contribution in [2.75, 3.05) is 13.2 Å². The second-order valence-electron chi connectivity index (χ2n) is 5.05. The van der Waals surface area contributed by atoms with Gasteiger partial charge < -0.3 is 9.47 Å². The zero-order chi connectivity index (χ0) is 14.4. The molecule has 1 atom stereocenters. The first-order chi connectivity index (χ1) is 9.72. The van der Waals surface area contributed by atoms with E-state index in [4.69, 9.17) is 9.47 Å². The van der Waals surface area contributed by atoms with Gasteiger partial charge in [0.15, 0.2) is 0 Å². The zero-order valence-corrected chi connectivity index (χ0v) is 12.2. The number of carbonyl (C=O) groups is 1. The predicted molar refractivity (Wildman–Crippen MR) is 77.9 cm³/mol. The minimum Gasteiger partial charge on any atom is -0.491 e. The van der Waals surface area contributed by atoms with Crippen molar-refractivity contribution in [2.24, 2.45) is 0 Å². The Bertz CT molecular complexity index is 426. The highest BCUT2D eigenvalue weighted by Gasteiger charge is 2.29. The first-order valence-electron chi connectivity index (χ1n) is 7.37. The molecule has 0 amide bonds. The summed E-state index contributed by atoms with van der Waals surface area (Å²) in [5, 5.41) is 3.27. The molecule has 0 radical (unpaired) electrons. The van der Waals surface area contributed by atoms with Crippen LogP contribution in [-0.2, 0) is 16.0 Å². The average molecular weight is 277 g/mol. The molecule has 0 bridgehead atoms. The Labute approximate surface area is 120 Å². The van der Waals surface area contributed by atoms with Crippen LogP contribution in [0.5, 0.6) is 5.75 Å². The third-order valence-electron chi connectivity index (χ3n) is 3.33. The summed E-state index contributed by atoms with van der Waals surface area (Å²) in [6.45, 7) is 4.64. The maximum atomic E-state index is 11.9. The summed E-state index contributed by atoms with van der Waals surface area (Å²) >= 11 is 0. The van der Waals surface area contributed by atoms with Gasteiger partial charge in [-0.25, -0.2) is 0 Å². The van der Waals surface area contributed by atoms with Gasteiger partial charge in [-0.1, -0.05) is 19.1 Å². The number of carbonyl (C=O) groups excluding carboxylic acids is 1. The molecule has 4 heteroatoms. The molecule has 1 saturated carbocycles. The fourth-order valence-corrected chi connectivity index (χ4v) is 1.96. The molecule has 1 aliphatic rings. The van der Waals surface area contributed by atoms with E-state index < -0.39 is 0 Å². The number of benzene rings is 1. The third-order valence-corrected chi connectivity index (χ3v) is 3.33. The fourth-order valence-electron chi connectivity index (χ4n) is 1.96. The van der Waals surface area contributed by atoms with Crippen LogP contribution in [0.25, 0.3) is 0 Å². The van der Waals surface area contributed by atoms with Gasteiger partial charge in [0, 0.05) is 6.04 Å². The molecule has 1 fully saturated rings. The van der Waals surface area contributed by atoms with Crippen LogP contribution in [0.1, 0.15) is 32.3 Å². The van der Waals surface area contributed by atoms with Crippen LogP contribution >= 0.6 is 0 Å². The topological polar surface area (TPSA) is 47.6 Å². The van der Waals surface area contributed by atoms with E-state index >= 15 is 0 Å². The Kier molecular flexibility index (Phi) is 5.41. The highest BCUT2D eigenvalue weighted by Crippen LogP contribution is 2.20. The van der Waals surface area contributed by atoms with Crippen LogP contribution in [0.3, 0.4) is 0 Å². The van der Waals surface area contributed by atoms with E-state index in [1.165, 1.54) is 5.56 Å². The molecule has 0 saturated heterocycles. The highest BCUT2D eigenvalue weighted by molar-refractivity contribution is 5.76. The lowest BCUT2D eigenvalue weighted by atomic mass is 10.2. The zero-order valence-electron chi connectivity index (χ0n) is 12.2. The van der Waals surface area contributed by atoms with Crippen molar-refractivity contribution >= 4 is 5.97 Å². The second-order valence-corrected chi connectivity index (χ2v) is 5.05. The van der Waals surface area contributed by atoms with Crippen molar-refractivity contribution in [3.63, 3.8) is 0 Å². The van der Waals surface area contributed by atoms with Crippen LogP contribution in [0.4, 0.5) is 0 Å².